The van der Waals surface area contributed by atoms with Crippen molar-refractivity contribution in [3.63, 3.8) is 0 Å². The van der Waals surface area contributed by atoms with Gasteiger partial charge in [-0.2, -0.15) is 0 Å². The molecule has 1 heterocycles. The van der Waals surface area contributed by atoms with Crippen LogP contribution in [0.15, 0.2) is 42.5 Å². The number of nitrogens with one attached hydrogen (secondary N) is 1. The first-order valence-electron chi connectivity index (χ1n) is 9.25. The average molecular weight is 338 g/mol. The third-order valence-electron chi connectivity index (χ3n) is 4.72. The number of carbonyl (C=O) groups is 1. The first kappa shape index (κ1) is 17.4. The van der Waals surface area contributed by atoms with Crippen molar-refractivity contribution < 1.29 is 4.79 Å². The summed E-state index contributed by atoms with van der Waals surface area (Å²) < 4.78 is 0. The van der Waals surface area contributed by atoms with Crippen LogP contribution in [0.4, 0.5) is 11.5 Å². The molecule has 3 rings (SSSR count). The van der Waals surface area contributed by atoms with E-state index in [2.05, 4.69) is 15.5 Å². The zero-order chi connectivity index (χ0) is 17.5. The number of amides is 1. The fourth-order valence-corrected chi connectivity index (χ4v) is 3.35. The maximum absolute atomic E-state index is 12.7. The number of benzene rings is 1. The van der Waals surface area contributed by atoms with Gasteiger partial charge in [0.2, 0.25) is 0 Å². The lowest BCUT2D eigenvalue weighted by molar-refractivity contribution is 0.0982. The highest BCUT2D eigenvalue weighted by molar-refractivity contribution is 6.04. The van der Waals surface area contributed by atoms with E-state index < -0.39 is 0 Å². The largest absolute Gasteiger partial charge is 0.366 e. The lowest BCUT2D eigenvalue weighted by Crippen LogP contribution is -2.31. The highest BCUT2D eigenvalue weighted by Gasteiger charge is 2.18. The number of para-hydroxylation sites is 1. The number of hydrogen-bond acceptors (Lipinski definition) is 4. The molecule has 0 radical (unpaired) electrons. The van der Waals surface area contributed by atoms with Crippen LogP contribution in [0.25, 0.3) is 0 Å². The molecule has 0 bridgehead atoms. The topological polar surface area (TPSA) is 58.1 Å². The summed E-state index contributed by atoms with van der Waals surface area (Å²) in [4.78, 5) is 14.4. The second-order valence-corrected chi connectivity index (χ2v) is 6.52. The van der Waals surface area contributed by atoms with E-state index >= 15 is 0 Å². The molecular weight excluding hydrogens is 312 g/mol. The Kier molecular flexibility index (Phi) is 5.99. The zero-order valence-corrected chi connectivity index (χ0v) is 14.8. The van der Waals surface area contributed by atoms with Gasteiger partial charge in [-0.25, -0.2) is 0 Å². The van der Waals surface area contributed by atoms with Crippen LogP contribution in [0.3, 0.4) is 0 Å². The normalized spacial score (nSPS) is 15.4. The molecule has 1 aliphatic carbocycles. The molecule has 1 saturated carbocycles. The molecule has 1 aromatic carbocycles. The second kappa shape index (κ2) is 8.60. The van der Waals surface area contributed by atoms with Crippen LogP contribution in [-0.4, -0.2) is 28.7 Å². The lowest BCUT2D eigenvalue weighted by atomic mass is 10.1. The fraction of sp³-hybridized carbons (Fsp3) is 0.450. The number of nitrogens with zero attached hydrogens (tertiary/aromatic N) is 3. The highest BCUT2D eigenvalue weighted by atomic mass is 16.2. The minimum atomic E-state index is -0.123. The Morgan fingerprint density at radius 1 is 1.04 bits per heavy atom. The molecule has 1 aromatic heterocycles. The Hall–Kier alpha value is -2.43. The van der Waals surface area contributed by atoms with E-state index in [0.29, 0.717) is 18.3 Å². The van der Waals surface area contributed by atoms with Crippen LogP contribution in [-0.2, 0) is 0 Å². The molecule has 0 spiro atoms. The van der Waals surface area contributed by atoms with Crippen LogP contribution >= 0.6 is 0 Å². The van der Waals surface area contributed by atoms with Crippen molar-refractivity contribution in [3.05, 3.63) is 48.2 Å². The van der Waals surface area contributed by atoms with Gasteiger partial charge in [0.05, 0.1) is 0 Å². The van der Waals surface area contributed by atoms with Gasteiger partial charge in [-0.15, -0.1) is 10.2 Å². The summed E-state index contributed by atoms with van der Waals surface area (Å²) in [6, 6.07) is 13.7. The molecule has 5 nitrogen and oxygen atoms in total. The predicted octanol–water partition coefficient (Wildman–Crippen LogP) is 4.28. The van der Waals surface area contributed by atoms with Crippen molar-refractivity contribution in [2.75, 3.05) is 16.8 Å². The minimum Gasteiger partial charge on any atom is -0.366 e. The summed E-state index contributed by atoms with van der Waals surface area (Å²) in [6.07, 6.45) is 7.54. The van der Waals surface area contributed by atoms with Gasteiger partial charge in [0.15, 0.2) is 5.69 Å². The Bertz CT molecular complexity index is 664. The third-order valence-corrected chi connectivity index (χ3v) is 4.72. The molecule has 1 N–H and O–H groups in total. The molecule has 0 unspecified atom stereocenters. The van der Waals surface area contributed by atoms with Crippen LogP contribution in [0.1, 0.15) is 55.9 Å². The smallest absolute Gasteiger partial charge is 0.278 e. The van der Waals surface area contributed by atoms with Gasteiger partial charge in [-0.05, 0) is 44.0 Å². The van der Waals surface area contributed by atoms with Crippen molar-refractivity contribution in [2.24, 2.45) is 0 Å². The number of rotatable bonds is 5. The number of carbonyl (C=O) groups excluding carboxylic acids is 1. The standard InChI is InChI=1S/C20H26N4O/c1-2-24(17-12-8-5-9-13-17)20(25)18-14-15-19(23-22-18)21-16-10-6-3-4-7-11-16/h5,8-9,12-16H,2-4,6-7,10-11H2,1H3,(H,21,23). The molecule has 0 saturated heterocycles. The Morgan fingerprint density at radius 3 is 2.36 bits per heavy atom. The summed E-state index contributed by atoms with van der Waals surface area (Å²) in [6.45, 7) is 2.55. The molecule has 1 amide bonds. The Labute approximate surface area is 149 Å². The Morgan fingerprint density at radius 2 is 1.76 bits per heavy atom. The molecule has 0 atom stereocenters. The fourth-order valence-electron chi connectivity index (χ4n) is 3.35. The van der Waals surface area contributed by atoms with Crippen LogP contribution in [0.5, 0.6) is 0 Å². The van der Waals surface area contributed by atoms with Crippen molar-refractivity contribution in [3.8, 4) is 0 Å². The van der Waals surface area contributed by atoms with E-state index in [4.69, 9.17) is 0 Å². The van der Waals surface area contributed by atoms with Crippen molar-refractivity contribution >= 4 is 17.4 Å². The van der Waals surface area contributed by atoms with Gasteiger partial charge in [0.1, 0.15) is 5.82 Å². The zero-order valence-electron chi connectivity index (χ0n) is 14.8. The van der Waals surface area contributed by atoms with Gasteiger partial charge in [0.25, 0.3) is 5.91 Å². The van der Waals surface area contributed by atoms with E-state index in [9.17, 15) is 4.79 Å². The second-order valence-electron chi connectivity index (χ2n) is 6.52. The monoisotopic (exact) mass is 338 g/mol. The molecule has 0 aliphatic heterocycles. The summed E-state index contributed by atoms with van der Waals surface area (Å²) in [5.74, 6) is 0.633. The quantitative estimate of drug-likeness (QED) is 0.827. The molecular formula is C20H26N4O. The number of hydrogen-bond donors (Lipinski definition) is 1. The van der Waals surface area contributed by atoms with Crippen LogP contribution in [0.2, 0.25) is 0 Å². The first-order chi connectivity index (χ1) is 12.3. The maximum atomic E-state index is 12.7. The van der Waals surface area contributed by atoms with Crippen molar-refractivity contribution in [1.29, 1.82) is 0 Å². The molecule has 1 fully saturated rings. The van der Waals surface area contributed by atoms with Gasteiger partial charge >= 0.3 is 0 Å². The minimum absolute atomic E-state index is 0.123. The van der Waals surface area contributed by atoms with Gasteiger partial charge in [0, 0.05) is 18.3 Å². The summed E-state index contributed by atoms with van der Waals surface area (Å²) in [5.41, 5.74) is 1.24. The van der Waals surface area contributed by atoms with E-state index in [1.807, 2.05) is 43.3 Å². The predicted molar refractivity (Wildman–Crippen MR) is 101 cm³/mol. The van der Waals surface area contributed by atoms with Gasteiger partial charge in [-0.3, -0.25) is 4.79 Å². The molecule has 1 aliphatic rings. The summed E-state index contributed by atoms with van der Waals surface area (Å²) >= 11 is 0. The summed E-state index contributed by atoms with van der Waals surface area (Å²) in [7, 11) is 0. The van der Waals surface area contributed by atoms with Crippen molar-refractivity contribution in [2.45, 2.75) is 51.5 Å². The highest BCUT2D eigenvalue weighted by Crippen LogP contribution is 2.20. The molecule has 132 valence electrons. The van der Waals surface area contributed by atoms with Gasteiger partial charge in [-0.1, -0.05) is 43.9 Å². The third kappa shape index (κ3) is 4.56. The van der Waals surface area contributed by atoms with E-state index in [0.717, 1.165) is 11.5 Å². The maximum Gasteiger partial charge on any atom is 0.278 e. The molecule has 25 heavy (non-hydrogen) atoms. The van der Waals surface area contributed by atoms with E-state index in [-0.39, 0.29) is 5.91 Å². The van der Waals surface area contributed by atoms with Crippen molar-refractivity contribution in [1.82, 2.24) is 10.2 Å². The average Bonchev–Trinajstić information content (AvgIpc) is 2.92. The van der Waals surface area contributed by atoms with E-state index in [1.165, 1.54) is 38.5 Å². The molecule has 2 aromatic rings. The van der Waals surface area contributed by atoms with E-state index in [1.54, 1.807) is 11.0 Å². The molecule has 5 heteroatoms. The number of aromatic nitrogens is 2. The first-order valence-corrected chi connectivity index (χ1v) is 9.25. The van der Waals surface area contributed by atoms with Crippen LogP contribution in [0, 0.1) is 0 Å². The lowest BCUT2D eigenvalue weighted by Gasteiger charge is -2.20. The Balaban J connectivity index is 1.67. The summed E-state index contributed by atoms with van der Waals surface area (Å²) in [5, 5.41) is 11.8. The van der Waals surface area contributed by atoms with Gasteiger partial charge < -0.3 is 10.2 Å². The van der Waals surface area contributed by atoms with Crippen LogP contribution < -0.4 is 10.2 Å². The number of anilines is 2. The SMILES string of the molecule is CCN(C(=O)c1ccc(NC2CCCCCC2)nn1)c1ccccc1.